The molecule has 4 aromatic rings. The molecule has 26 heavy (non-hydrogen) atoms. The topological polar surface area (TPSA) is 109 Å². The summed E-state index contributed by atoms with van der Waals surface area (Å²) in [6.07, 6.45) is 1.57. The molecular formula is C16H13FN6O2S. The highest BCUT2D eigenvalue weighted by molar-refractivity contribution is 7.98. The van der Waals surface area contributed by atoms with E-state index >= 15 is 0 Å². The first-order valence-corrected chi connectivity index (χ1v) is 8.56. The van der Waals surface area contributed by atoms with E-state index in [4.69, 9.17) is 14.8 Å². The number of rotatable bonds is 5. The third kappa shape index (κ3) is 3.06. The molecule has 0 atom stereocenters. The van der Waals surface area contributed by atoms with E-state index in [1.165, 1.54) is 28.6 Å². The Balaban J connectivity index is 1.48. The van der Waals surface area contributed by atoms with E-state index in [0.717, 1.165) is 5.56 Å². The van der Waals surface area contributed by atoms with Crippen LogP contribution in [0.3, 0.4) is 0 Å². The normalized spacial score (nSPS) is 11.2. The van der Waals surface area contributed by atoms with Crippen LogP contribution in [0.2, 0.25) is 0 Å². The summed E-state index contributed by atoms with van der Waals surface area (Å²) < 4.78 is 24.8. The largest absolute Gasteiger partial charge is 0.469 e. The van der Waals surface area contributed by atoms with Gasteiger partial charge < -0.3 is 14.8 Å². The molecule has 4 rings (SSSR count). The van der Waals surface area contributed by atoms with E-state index in [0.29, 0.717) is 39.8 Å². The average molecular weight is 372 g/mol. The molecule has 132 valence electrons. The SMILES string of the molecule is Cc1occc1-c1nnc(SCc2noc(-c3ccc(F)cc3)n2)n1N. The van der Waals surface area contributed by atoms with Gasteiger partial charge in [-0.1, -0.05) is 16.9 Å². The molecule has 10 heteroatoms. The number of nitrogens with zero attached hydrogens (tertiary/aromatic N) is 5. The molecule has 8 nitrogen and oxygen atoms in total. The van der Waals surface area contributed by atoms with Crippen molar-refractivity contribution in [3.8, 4) is 22.8 Å². The van der Waals surface area contributed by atoms with E-state index < -0.39 is 0 Å². The summed E-state index contributed by atoms with van der Waals surface area (Å²) in [5.41, 5.74) is 1.43. The van der Waals surface area contributed by atoms with E-state index in [9.17, 15) is 4.39 Å². The molecule has 0 aliphatic heterocycles. The van der Waals surface area contributed by atoms with Gasteiger partial charge in [0, 0.05) is 5.56 Å². The van der Waals surface area contributed by atoms with Crippen LogP contribution >= 0.6 is 11.8 Å². The molecule has 0 radical (unpaired) electrons. The van der Waals surface area contributed by atoms with Crippen LogP contribution in [-0.4, -0.2) is 25.0 Å². The molecule has 0 fully saturated rings. The second-order valence-corrected chi connectivity index (χ2v) is 6.32. The smallest absolute Gasteiger partial charge is 0.257 e. The maximum absolute atomic E-state index is 13.0. The maximum atomic E-state index is 13.0. The van der Waals surface area contributed by atoms with Gasteiger partial charge in [0.15, 0.2) is 11.6 Å². The summed E-state index contributed by atoms with van der Waals surface area (Å²) in [5.74, 6) is 8.15. The highest BCUT2D eigenvalue weighted by Gasteiger charge is 2.17. The van der Waals surface area contributed by atoms with Crippen molar-refractivity contribution in [2.75, 3.05) is 5.84 Å². The van der Waals surface area contributed by atoms with Crippen molar-refractivity contribution in [2.45, 2.75) is 17.8 Å². The zero-order valence-corrected chi connectivity index (χ0v) is 14.4. The Morgan fingerprint density at radius 1 is 1.19 bits per heavy atom. The van der Waals surface area contributed by atoms with Gasteiger partial charge in [0.2, 0.25) is 5.16 Å². The van der Waals surface area contributed by atoms with E-state index in [-0.39, 0.29) is 5.82 Å². The Labute approximate surface area is 151 Å². The van der Waals surface area contributed by atoms with Crippen LogP contribution in [0, 0.1) is 12.7 Å². The fourth-order valence-corrected chi connectivity index (χ4v) is 3.03. The van der Waals surface area contributed by atoms with E-state index in [1.54, 1.807) is 24.5 Å². The van der Waals surface area contributed by atoms with Gasteiger partial charge in [-0.15, -0.1) is 10.2 Å². The zero-order chi connectivity index (χ0) is 18.1. The van der Waals surface area contributed by atoms with Crippen LogP contribution < -0.4 is 5.84 Å². The first-order valence-electron chi connectivity index (χ1n) is 7.58. The van der Waals surface area contributed by atoms with E-state index in [2.05, 4.69) is 20.3 Å². The fraction of sp³-hybridized carbons (Fsp3) is 0.125. The molecule has 0 aliphatic carbocycles. The summed E-state index contributed by atoms with van der Waals surface area (Å²) in [7, 11) is 0. The molecule has 0 bridgehead atoms. The number of hydrogen-bond acceptors (Lipinski definition) is 8. The summed E-state index contributed by atoms with van der Waals surface area (Å²) in [5, 5.41) is 12.6. The Bertz CT molecular complexity index is 1040. The monoisotopic (exact) mass is 372 g/mol. The van der Waals surface area contributed by atoms with Crippen LogP contribution in [0.25, 0.3) is 22.8 Å². The van der Waals surface area contributed by atoms with Gasteiger partial charge in [-0.05, 0) is 37.3 Å². The third-order valence-electron chi connectivity index (χ3n) is 3.65. The minimum Gasteiger partial charge on any atom is -0.469 e. The van der Waals surface area contributed by atoms with Gasteiger partial charge in [-0.3, -0.25) is 0 Å². The minimum atomic E-state index is -0.324. The molecule has 0 spiro atoms. The molecule has 3 aromatic heterocycles. The number of aryl methyl sites for hydroxylation is 1. The molecule has 2 N–H and O–H groups in total. The summed E-state index contributed by atoms with van der Waals surface area (Å²) in [4.78, 5) is 4.29. The Hall–Kier alpha value is -3.14. The number of aromatic nitrogens is 5. The molecule has 0 amide bonds. The Morgan fingerprint density at radius 2 is 2.00 bits per heavy atom. The van der Waals surface area contributed by atoms with Crippen LogP contribution in [0.1, 0.15) is 11.6 Å². The minimum absolute atomic E-state index is 0.324. The van der Waals surface area contributed by atoms with Crippen molar-refractivity contribution < 1.29 is 13.3 Å². The predicted molar refractivity (Wildman–Crippen MR) is 91.9 cm³/mol. The predicted octanol–water partition coefficient (Wildman–Crippen LogP) is 3.04. The van der Waals surface area contributed by atoms with Crippen LogP contribution in [-0.2, 0) is 5.75 Å². The molecule has 0 saturated carbocycles. The first kappa shape index (κ1) is 16.3. The molecule has 0 aliphatic rings. The van der Waals surface area contributed by atoms with Gasteiger partial charge >= 0.3 is 0 Å². The lowest BCUT2D eigenvalue weighted by Gasteiger charge is -2.01. The third-order valence-corrected chi connectivity index (χ3v) is 4.59. The number of halogens is 1. The number of nitrogens with two attached hydrogens (primary N) is 1. The van der Waals surface area contributed by atoms with Gasteiger partial charge in [0.1, 0.15) is 11.6 Å². The number of furan rings is 1. The molecule has 0 saturated heterocycles. The van der Waals surface area contributed by atoms with Crippen molar-refractivity contribution in [1.82, 2.24) is 25.0 Å². The van der Waals surface area contributed by atoms with Gasteiger partial charge in [0.25, 0.3) is 5.89 Å². The van der Waals surface area contributed by atoms with Crippen molar-refractivity contribution in [2.24, 2.45) is 0 Å². The zero-order valence-electron chi connectivity index (χ0n) is 13.6. The van der Waals surface area contributed by atoms with Gasteiger partial charge in [-0.2, -0.15) is 4.98 Å². The van der Waals surface area contributed by atoms with Gasteiger partial charge in [0.05, 0.1) is 17.6 Å². The van der Waals surface area contributed by atoms with E-state index in [1.807, 2.05) is 6.92 Å². The lowest BCUT2D eigenvalue weighted by molar-refractivity contribution is 0.425. The quantitative estimate of drug-likeness (QED) is 0.420. The number of thioether (sulfide) groups is 1. The first-order chi connectivity index (χ1) is 12.6. The molecule has 3 heterocycles. The number of hydrogen-bond donors (Lipinski definition) is 1. The van der Waals surface area contributed by atoms with Crippen molar-refractivity contribution in [3.63, 3.8) is 0 Å². The average Bonchev–Trinajstić information content (AvgIpc) is 3.35. The number of benzene rings is 1. The fourth-order valence-electron chi connectivity index (χ4n) is 2.33. The van der Waals surface area contributed by atoms with Crippen LogP contribution in [0.15, 0.2) is 50.7 Å². The lowest BCUT2D eigenvalue weighted by Crippen LogP contribution is -2.11. The van der Waals surface area contributed by atoms with Crippen molar-refractivity contribution >= 4 is 11.8 Å². The van der Waals surface area contributed by atoms with Crippen molar-refractivity contribution in [3.05, 3.63) is 54.0 Å². The van der Waals surface area contributed by atoms with Gasteiger partial charge in [-0.25, -0.2) is 9.07 Å². The van der Waals surface area contributed by atoms with Crippen LogP contribution in [0.5, 0.6) is 0 Å². The standard InChI is InChI=1S/C16H13FN6O2S/c1-9-12(6-7-24-9)14-20-21-16(23(14)18)26-8-13-19-15(25-22-13)10-2-4-11(17)5-3-10/h2-7H,8,18H2,1H3. The second kappa shape index (κ2) is 6.64. The summed E-state index contributed by atoms with van der Waals surface area (Å²) in [6, 6.07) is 7.62. The summed E-state index contributed by atoms with van der Waals surface area (Å²) >= 11 is 1.32. The molecular weight excluding hydrogens is 359 g/mol. The Morgan fingerprint density at radius 3 is 2.73 bits per heavy atom. The second-order valence-electron chi connectivity index (χ2n) is 5.38. The summed E-state index contributed by atoms with van der Waals surface area (Å²) in [6.45, 7) is 1.83. The molecule has 0 unspecified atom stereocenters. The lowest BCUT2D eigenvalue weighted by atomic mass is 10.2. The highest BCUT2D eigenvalue weighted by Crippen LogP contribution is 2.26. The Kier molecular flexibility index (Phi) is 4.17. The highest BCUT2D eigenvalue weighted by atomic mass is 32.2. The molecule has 1 aromatic carbocycles. The van der Waals surface area contributed by atoms with Crippen molar-refractivity contribution in [1.29, 1.82) is 0 Å². The number of nitrogen functional groups attached to an aromatic ring is 1. The van der Waals surface area contributed by atoms with Crippen LogP contribution in [0.4, 0.5) is 4.39 Å². The maximum Gasteiger partial charge on any atom is 0.257 e.